The lowest BCUT2D eigenvalue weighted by Crippen LogP contribution is -2.32. The second kappa shape index (κ2) is 8.09. The second-order valence-electron chi connectivity index (χ2n) is 5.77. The number of aryl methyl sites for hydroxylation is 2. The van der Waals surface area contributed by atoms with E-state index < -0.39 is 18.0 Å². The van der Waals surface area contributed by atoms with Gasteiger partial charge in [-0.25, -0.2) is 4.98 Å². The molecule has 136 valence electrons. The van der Waals surface area contributed by atoms with Gasteiger partial charge < -0.3 is 14.6 Å². The van der Waals surface area contributed by atoms with Crippen molar-refractivity contribution in [3.8, 4) is 0 Å². The molecule has 0 saturated heterocycles. The molecule has 0 saturated carbocycles. The van der Waals surface area contributed by atoms with Crippen LogP contribution in [0.25, 0.3) is 10.2 Å². The Kier molecular flexibility index (Phi) is 5.62. The van der Waals surface area contributed by atoms with E-state index >= 15 is 0 Å². The zero-order valence-electron chi connectivity index (χ0n) is 14.5. The summed E-state index contributed by atoms with van der Waals surface area (Å²) in [6.07, 6.45) is 0.163. The molecule has 0 unspecified atom stereocenters. The molecule has 7 nitrogen and oxygen atoms in total. The van der Waals surface area contributed by atoms with Crippen molar-refractivity contribution in [2.45, 2.75) is 39.2 Å². The van der Waals surface area contributed by atoms with Gasteiger partial charge in [-0.1, -0.05) is 24.2 Å². The summed E-state index contributed by atoms with van der Waals surface area (Å²) in [7, 11) is 0. The molecule has 1 N–H and O–H groups in total. The number of nitrogens with one attached hydrogen (secondary N) is 1. The fourth-order valence-electron chi connectivity index (χ4n) is 2.41. The van der Waals surface area contributed by atoms with Crippen LogP contribution in [0.3, 0.4) is 0 Å². The molecular weight excluding hydrogens is 354 g/mol. The lowest BCUT2D eigenvalue weighted by molar-refractivity contribution is -0.154. The number of thiazole rings is 1. The first-order valence-corrected chi connectivity index (χ1v) is 9.15. The minimum absolute atomic E-state index is 0.173. The Bertz CT molecular complexity index is 885. The highest BCUT2D eigenvalue weighted by Crippen LogP contribution is 2.22. The number of esters is 1. The van der Waals surface area contributed by atoms with Crippen molar-refractivity contribution in [2.75, 3.05) is 5.32 Å². The summed E-state index contributed by atoms with van der Waals surface area (Å²) in [6.45, 7) is 3.50. The van der Waals surface area contributed by atoms with E-state index in [0.717, 1.165) is 15.2 Å². The third kappa shape index (κ3) is 4.45. The molecule has 26 heavy (non-hydrogen) atoms. The zero-order valence-corrected chi connectivity index (χ0v) is 15.3. The number of hydrogen-bond acceptors (Lipinski definition) is 7. The monoisotopic (exact) mass is 373 g/mol. The maximum atomic E-state index is 12.2. The Morgan fingerprint density at radius 3 is 2.85 bits per heavy atom. The lowest BCUT2D eigenvalue weighted by Gasteiger charge is -2.14. The molecule has 1 atom stereocenters. The van der Waals surface area contributed by atoms with Crippen LogP contribution < -0.4 is 5.32 Å². The number of amides is 1. The van der Waals surface area contributed by atoms with Gasteiger partial charge in [-0.2, -0.15) is 0 Å². The number of hydrogen-bond donors (Lipinski definition) is 1. The third-order valence-electron chi connectivity index (χ3n) is 3.70. The number of benzene rings is 1. The molecule has 2 heterocycles. The summed E-state index contributed by atoms with van der Waals surface area (Å²) in [4.78, 5) is 28.8. The maximum absolute atomic E-state index is 12.2. The van der Waals surface area contributed by atoms with E-state index in [4.69, 9.17) is 9.26 Å². The predicted octanol–water partition coefficient (Wildman–Crippen LogP) is 3.49. The van der Waals surface area contributed by atoms with Gasteiger partial charge in [0.25, 0.3) is 5.91 Å². The van der Waals surface area contributed by atoms with Crippen molar-refractivity contribution in [1.29, 1.82) is 0 Å². The standard InChI is InChI=1S/C18H19N3O4S/c1-3-13(18(23)20-15-10-11(2)25-21-15)24-17(22)9-8-16-19-12-6-4-5-7-14(12)26-16/h4-7,10,13H,3,8-9H2,1-2H3,(H,20,21,23)/t13-/m0/s1. The number of carbonyl (C=O) groups excluding carboxylic acids is 2. The Labute approximate surface area is 154 Å². The number of aromatic nitrogens is 2. The van der Waals surface area contributed by atoms with E-state index in [1.807, 2.05) is 24.3 Å². The van der Waals surface area contributed by atoms with Crippen LogP contribution in [0.5, 0.6) is 0 Å². The quantitative estimate of drug-likeness (QED) is 0.637. The van der Waals surface area contributed by atoms with Crippen LogP contribution >= 0.6 is 11.3 Å². The molecule has 8 heteroatoms. The van der Waals surface area contributed by atoms with E-state index in [0.29, 0.717) is 24.4 Å². The van der Waals surface area contributed by atoms with Gasteiger partial charge >= 0.3 is 5.97 Å². The Morgan fingerprint density at radius 2 is 2.15 bits per heavy atom. The first-order chi connectivity index (χ1) is 12.5. The molecule has 0 bridgehead atoms. The number of rotatable bonds is 7. The van der Waals surface area contributed by atoms with Gasteiger partial charge in [0.15, 0.2) is 11.9 Å². The average Bonchev–Trinajstić information content (AvgIpc) is 3.23. The predicted molar refractivity (Wildman–Crippen MR) is 98.0 cm³/mol. The number of anilines is 1. The zero-order chi connectivity index (χ0) is 18.5. The largest absolute Gasteiger partial charge is 0.452 e. The van der Waals surface area contributed by atoms with Crippen molar-refractivity contribution >= 4 is 39.2 Å². The topological polar surface area (TPSA) is 94.3 Å². The molecular formula is C18H19N3O4S. The molecule has 3 aromatic rings. The molecule has 0 fully saturated rings. The van der Waals surface area contributed by atoms with Crippen molar-refractivity contribution in [3.63, 3.8) is 0 Å². The summed E-state index contributed by atoms with van der Waals surface area (Å²) in [5, 5.41) is 7.15. The van der Waals surface area contributed by atoms with Gasteiger partial charge in [-0.05, 0) is 25.5 Å². The highest BCUT2D eigenvalue weighted by Gasteiger charge is 2.22. The maximum Gasteiger partial charge on any atom is 0.306 e. The van der Waals surface area contributed by atoms with Crippen LogP contribution in [0.15, 0.2) is 34.9 Å². The molecule has 0 spiro atoms. The summed E-state index contributed by atoms with van der Waals surface area (Å²) < 4.78 is 11.3. The van der Waals surface area contributed by atoms with Crippen molar-refractivity contribution in [2.24, 2.45) is 0 Å². The number of ether oxygens (including phenoxy) is 1. The van der Waals surface area contributed by atoms with Crippen LogP contribution in [0.4, 0.5) is 5.82 Å². The molecule has 0 aliphatic rings. The number of para-hydroxylation sites is 1. The fourth-order valence-corrected chi connectivity index (χ4v) is 3.37. The van der Waals surface area contributed by atoms with E-state index in [-0.39, 0.29) is 6.42 Å². The highest BCUT2D eigenvalue weighted by molar-refractivity contribution is 7.18. The Morgan fingerprint density at radius 1 is 1.35 bits per heavy atom. The third-order valence-corrected chi connectivity index (χ3v) is 4.79. The number of fused-ring (bicyclic) bond motifs is 1. The fraction of sp³-hybridized carbons (Fsp3) is 0.333. The summed E-state index contributed by atoms with van der Waals surface area (Å²) in [6, 6.07) is 9.43. The smallest absolute Gasteiger partial charge is 0.306 e. The second-order valence-corrected chi connectivity index (χ2v) is 6.89. The van der Waals surface area contributed by atoms with Gasteiger partial charge in [0.2, 0.25) is 0 Å². The molecule has 0 aliphatic carbocycles. The van der Waals surface area contributed by atoms with Gasteiger partial charge in [-0.15, -0.1) is 11.3 Å². The van der Waals surface area contributed by atoms with Crippen LogP contribution in [-0.2, 0) is 20.7 Å². The molecule has 1 aromatic carbocycles. The van der Waals surface area contributed by atoms with Crippen LogP contribution in [-0.4, -0.2) is 28.1 Å². The van der Waals surface area contributed by atoms with Gasteiger partial charge in [0.1, 0.15) is 5.76 Å². The van der Waals surface area contributed by atoms with Crippen molar-refractivity contribution < 1.29 is 18.8 Å². The molecule has 3 rings (SSSR count). The van der Waals surface area contributed by atoms with Crippen LogP contribution in [0.1, 0.15) is 30.5 Å². The van der Waals surface area contributed by atoms with E-state index in [1.165, 1.54) is 0 Å². The molecule has 2 aromatic heterocycles. The van der Waals surface area contributed by atoms with Gasteiger partial charge in [0, 0.05) is 12.5 Å². The minimum atomic E-state index is -0.866. The van der Waals surface area contributed by atoms with Crippen molar-refractivity contribution in [3.05, 3.63) is 41.1 Å². The first-order valence-electron chi connectivity index (χ1n) is 8.33. The number of nitrogens with zero attached hydrogens (tertiary/aromatic N) is 2. The SMILES string of the molecule is CC[C@H](OC(=O)CCc1nc2ccccc2s1)C(=O)Nc1cc(C)on1. The average molecular weight is 373 g/mol. The highest BCUT2D eigenvalue weighted by atomic mass is 32.1. The van der Waals surface area contributed by atoms with Gasteiger partial charge in [-0.3, -0.25) is 9.59 Å². The van der Waals surface area contributed by atoms with E-state index in [9.17, 15) is 9.59 Å². The summed E-state index contributed by atoms with van der Waals surface area (Å²) >= 11 is 1.56. The molecule has 0 aliphatic heterocycles. The van der Waals surface area contributed by atoms with Crippen molar-refractivity contribution in [1.82, 2.24) is 10.1 Å². The van der Waals surface area contributed by atoms with Gasteiger partial charge in [0.05, 0.1) is 21.6 Å². The van der Waals surface area contributed by atoms with E-state index in [2.05, 4.69) is 15.5 Å². The number of carbonyl (C=O) groups is 2. The summed E-state index contributed by atoms with van der Waals surface area (Å²) in [5.74, 6) is 0.0365. The Hall–Kier alpha value is -2.74. The Balaban J connectivity index is 1.52. The molecule has 0 radical (unpaired) electrons. The van der Waals surface area contributed by atoms with Crippen LogP contribution in [0.2, 0.25) is 0 Å². The molecule has 1 amide bonds. The summed E-state index contributed by atoms with van der Waals surface area (Å²) in [5.41, 5.74) is 0.926. The first kappa shape index (κ1) is 18.1. The lowest BCUT2D eigenvalue weighted by atomic mass is 10.2. The minimum Gasteiger partial charge on any atom is -0.452 e. The van der Waals surface area contributed by atoms with Crippen LogP contribution in [0, 0.1) is 6.92 Å². The normalized spacial score (nSPS) is 12.1. The van der Waals surface area contributed by atoms with E-state index in [1.54, 1.807) is 31.3 Å².